The van der Waals surface area contributed by atoms with Crippen LogP contribution in [0.1, 0.15) is 37.9 Å². The number of nitrogens with zero attached hydrogens (tertiary/aromatic N) is 4. The Balaban J connectivity index is 1.89. The second-order valence-corrected chi connectivity index (χ2v) is 6.93. The first kappa shape index (κ1) is 19.1. The first-order chi connectivity index (χ1) is 13.1. The number of carbonyl (C=O) groups is 1. The van der Waals surface area contributed by atoms with E-state index in [9.17, 15) is 4.79 Å². The van der Waals surface area contributed by atoms with Gasteiger partial charge in [0.05, 0.1) is 12.2 Å². The molecule has 0 fully saturated rings. The van der Waals surface area contributed by atoms with Crippen molar-refractivity contribution in [2.75, 3.05) is 31.6 Å². The molecule has 0 aliphatic carbocycles. The number of anilines is 1. The third-order valence-corrected chi connectivity index (χ3v) is 5.00. The SMILES string of the molecule is CCCCNC(=O)N1CCc2nc(-c3ccccc3)nc(N(C)CC)c2C1. The highest BCUT2D eigenvalue weighted by Gasteiger charge is 2.26. The Morgan fingerprint density at radius 3 is 2.70 bits per heavy atom. The lowest BCUT2D eigenvalue weighted by Gasteiger charge is -2.31. The van der Waals surface area contributed by atoms with Crippen LogP contribution >= 0.6 is 0 Å². The van der Waals surface area contributed by atoms with E-state index < -0.39 is 0 Å². The van der Waals surface area contributed by atoms with Gasteiger partial charge < -0.3 is 15.1 Å². The number of benzene rings is 1. The van der Waals surface area contributed by atoms with Gasteiger partial charge in [0, 0.05) is 44.2 Å². The van der Waals surface area contributed by atoms with Crippen molar-refractivity contribution in [1.29, 1.82) is 0 Å². The van der Waals surface area contributed by atoms with E-state index in [-0.39, 0.29) is 6.03 Å². The first-order valence-electron chi connectivity index (χ1n) is 9.83. The van der Waals surface area contributed by atoms with Crippen LogP contribution in [0.4, 0.5) is 10.6 Å². The second-order valence-electron chi connectivity index (χ2n) is 6.93. The van der Waals surface area contributed by atoms with Gasteiger partial charge in [0.1, 0.15) is 5.82 Å². The zero-order chi connectivity index (χ0) is 19.2. The van der Waals surface area contributed by atoms with E-state index in [1.54, 1.807) is 0 Å². The second kappa shape index (κ2) is 8.84. The largest absolute Gasteiger partial charge is 0.360 e. The van der Waals surface area contributed by atoms with E-state index in [0.29, 0.717) is 13.1 Å². The van der Waals surface area contributed by atoms with Crippen molar-refractivity contribution < 1.29 is 4.79 Å². The third-order valence-electron chi connectivity index (χ3n) is 5.00. The molecule has 144 valence electrons. The van der Waals surface area contributed by atoms with Gasteiger partial charge in [0.25, 0.3) is 0 Å². The van der Waals surface area contributed by atoms with Crippen LogP contribution in [0.2, 0.25) is 0 Å². The molecule has 2 aromatic rings. The van der Waals surface area contributed by atoms with Crippen molar-refractivity contribution in [3.8, 4) is 11.4 Å². The van der Waals surface area contributed by atoms with Gasteiger partial charge in [0.2, 0.25) is 0 Å². The fraction of sp³-hybridized carbons (Fsp3) is 0.476. The van der Waals surface area contributed by atoms with Crippen LogP contribution in [-0.4, -0.2) is 47.6 Å². The Kier molecular flexibility index (Phi) is 6.27. The van der Waals surface area contributed by atoms with Gasteiger partial charge >= 0.3 is 6.03 Å². The van der Waals surface area contributed by atoms with Crippen LogP contribution in [0, 0.1) is 0 Å². The number of unbranched alkanes of at least 4 members (excludes halogenated alkanes) is 1. The van der Waals surface area contributed by atoms with Crippen LogP contribution in [0.3, 0.4) is 0 Å². The molecule has 1 N–H and O–H groups in total. The van der Waals surface area contributed by atoms with Gasteiger partial charge in [-0.25, -0.2) is 14.8 Å². The molecule has 27 heavy (non-hydrogen) atoms. The molecule has 0 saturated carbocycles. The topological polar surface area (TPSA) is 61.4 Å². The molecule has 1 aromatic heterocycles. The molecule has 2 amide bonds. The Bertz CT molecular complexity index is 778. The summed E-state index contributed by atoms with van der Waals surface area (Å²) >= 11 is 0. The maximum Gasteiger partial charge on any atom is 0.317 e. The summed E-state index contributed by atoms with van der Waals surface area (Å²) in [6.45, 7) is 7.05. The summed E-state index contributed by atoms with van der Waals surface area (Å²) in [5, 5.41) is 3.02. The monoisotopic (exact) mass is 367 g/mol. The average molecular weight is 367 g/mol. The zero-order valence-electron chi connectivity index (χ0n) is 16.5. The molecular formula is C21H29N5O. The molecule has 0 bridgehead atoms. The fourth-order valence-electron chi connectivity index (χ4n) is 3.24. The van der Waals surface area contributed by atoms with Gasteiger partial charge in [-0.05, 0) is 13.3 Å². The van der Waals surface area contributed by atoms with Gasteiger partial charge in [-0.2, -0.15) is 0 Å². The fourth-order valence-corrected chi connectivity index (χ4v) is 3.24. The number of rotatable bonds is 6. The number of urea groups is 1. The van der Waals surface area contributed by atoms with Crippen LogP contribution in [0.5, 0.6) is 0 Å². The lowest BCUT2D eigenvalue weighted by Crippen LogP contribution is -2.43. The Labute approximate surface area is 161 Å². The first-order valence-corrected chi connectivity index (χ1v) is 9.83. The normalized spacial score (nSPS) is 13.2. The maximum absolute atomic E-state index is 12.5. The summed E-state index contributed by atoms with van der Waals surface area (Å²) in [6.07, 6.45) is 2.83. The molecule has 1 aromatic carbocycles. The van der Waals surface area contributed by atoms with Gasteiger partial charge in [-0.15, -0.1) is 0 Å². The minimum absolute atomic E-state index is 0.00587. The summed E-state index contributed by atoms with van der Waals surface area (Å²) < 4.78 is 0. The molecule has 6 nitrogen and oxygen atoms in total. The number of amides is 2. The molecule has 0 unspecified atom stereocenters. The highest BCUT2D eigenvalue weighted by molar-refractivity contribution is 5.75. The van der Waals surface area contributed by atoms with Crippen molar-refractivity contribution in [2.45, 2.75) is 39.7 Å². The van der Waals surface area contributed by atoms with E-state index in [2.05, 4.69) is 24.1 Å². The molecule has 2 heterocycles. The number of carbonyl (C=O) groups excluding carboxylic acids is 1. The molecule has 0 atom stereocenters. The lowest BCUT2D eigenvalue weighted by molar-refractivity contribution is 0.192. The summed E-state index contributed by atoms with van der Waals surface area (Å²) in [6, 6.07) is 10.1. The highest BCUT2D eigenvalue weighted by atomic mass is 16.2. The van der Waals surface area contributed by atoms with Gasteiger partial charge in [-0.3, -0.25) is 0 Å². The zero-order valence-corrected chi connectivity index (χ0v) is 16.5. The van der Waals surface area contributed by atoms with Crippen molar-refractivity contribution in [2.24, 2.45) is 0 Å². The van der Waals surface area contributed by atoms with E-state index in [1.807, 2.05) is 42.3 Å². The van der Waals surface area contributed by atoms with Crippen molar-refractivity contribution in [3.05, 3.63) is 41.6 Å². The number of nitrogens with one attached hydrogen (secondary N) is 1. The Hall–Kier alpha value is -2.63. The lowest BCUT2D eigenvalue weighted by atomic mass is 10.0. The summed E-state index contributed by atoms with van der Waals surface area (Å²) in [7, 11) is 2.04. The molecule has 3 rings (SSSR count). The van der Waals surface area contributed by atoms with E-state index in [4.69, 9.17) is 9.97 Å². The number of hydrogen-bond donors (Lipinski definition) is 1. The Morgan fingerprint density at radius 2 is 2.00 bits per heavy atom. The third kappa shape index (κ3) is 4.38. The van der Waals surface area contributed by atoms with Gasteiger partial charge in [-0.1, -0.05) is 43.7 Å². The maximum atomic E-state index is 12.5. The van der Waals surface area contributed by atoms with Crippen LogP contribution < -0.4 is 10.2 Å². The van der Waals surface area contributed by atoms with Gasteiger partial charge in [0.15, 0.2) is 5.82 Å². The van der Waals surface area contributed by atoms with Crippen molar-refractivity contribution >= 4 is 11.8 Å². The minimum Gasteiger partial charge on any atom is -0.360 e. The molecule has 1 aliphatic heterocycles. The van der Waals surface area contributed by atoms with E-state index in [1.165, 1.54) is 0 Å². The number of fused-ring (bicyclic) bond motifs is 1. The predicted molar refractivity (Wildman–Crippen MR) is 109 cm³/mol. The average Bonchev–Trinajstić information content (AvgIpc) is 2.72. The summed E-state index contributed by atoms with van der Waals surface area (Å²) in [5.41, 5.74) is 3.14. The summed E-state index contributed by atoms with van der Waals surface area (Å²) in [5.74, 6) is 1.68. The number of aromatic nitrogens is 2. The molecule has 0 spiro atoms. The van der Waals surface area contributed by atoms with Crippen LogP contribution in [-0.2, 0) is 13.0 Å². The van der Waals surface area contributed by atoms with E-state index >= 15 is 0 Å². The quantitative estimate of drug-likeness (QED) is 0.794. The van der Waals surface area contributed by atoms with Crippen LogP contribution in [0.25, 0.3) is 11.4 Å². The summed E-state index contributed by atoms with van der Waals surface area (Å²) in [4.78, 5) is 26.2. The minimum atomic E-state index is 0.00587. The predicted octanol–water partition coefficient (Wildman–Crippen LogP) is 3.47. The highest BCUT2D eigenvalue weighted by Crippen LogP contribution is 2.29. The Morgan fingerprint density at radius 1 is 1.22 bits per heavy atom. The number of hydrogen-bond acceptors (Lipinski definition) is 4. The standard InChI is InChI=1S/C21H29N5O/c1-4-6-13-22-21(27)26-14-12-18-17(15-26)20(25(3)5-2)24-19(23-18)16-10-8-7-9-11-16/h7-11H,4-6,12-15H2,1-3H3,(H,22,27). The molecule has 1 aliphatic rings. The molecular weight excluding hydrogens is 338 g/mol. The van der Waals surface area contributed by atoms with Crippen LogP contribution in [0.15, 0.2) is 30.3 Å². The molecule has 0 saturated heterocycles. The smallest absolute Gasteiger partial charge is 0.317 e. The molecule has 0 radical (unpaired) electrons. The molecule has 6 heteroatoms. The van der Waals surface area contributed by atoms with E-state index in [0.717, 1.165) is 60.8 Å². The van der Waals surface area contributed by atoms with Crippen molar-refractivity contribution in [1.82, 2.24) is 20.2 Å². The van der Waals surface area contributed by atoms with Crippen molar-refractivity contribution in [3.63, 3.8) is 0 Å².